The van der Waals surface area contributed by atoms with Gasteiger partial charge in [-0.2, -0.15) is 0 Å². The van der Waals surface area contributed by atoms with Crippen molar-refractivity contribution < 1.29 is 19.4 Å². The molecule has 0 radical (unpaired) electrons. The van der Waals surface area contributed by atoms with E-state index in [0.29, 0.717) is 17.3 Å². The van der Waals surface area contributed by atoms with Crippen LogP contribution in [-0.2, 0) is 4.79 Å². The Balaban J connectivity index is 2.27. The van der Waals surface area contributed by atoms with E-state index in [2.05, 4.69) is 15.3 Å². The number of aromatic nitrogens is 2. The number of nitrogens with zero attached hydrogens (tertiary/aromatic N) is 1. The fraction of sp³-hybridized carbons (Fsp3) is 0.267. The Labute approximate surface area is 127 Å². The first-order chi connectivity index (χ1) is 10.4. The molecule has 1 aromatic heterocycles. The number of carboxylic acids is 1. The van der Waals surface area contributed by atoms with Crippen molar-refractivity contribution in [2.24, 2.45) is 0 Å². The van der Waals surface area contributed by atoms with E-state index in [1.165, 1.54) is 6.92 Å². The maximum Gasteiger partial charge on any atom is 0.325 e. The molecule has 7 nitrogen and oxygen atoms in total. The second-order valence-electron chi connectivity index (χ2n) is 4.82. The highest BCUT2D eigenvalue weighted by Crippen LogP contribution is 2.22. The molecule has 22 heavy (non-hydrogen) atoms. The van der Waals surface area contributed by atoms with E-state index in [9.17, 15) is 9.59 Å². The van der Waals surface area contributed by atoms with E-state index < -0.39 is 17.9 Å². The van der Waals surface area contributed by atoms with E-state index in [-0.39, 0.29) is 5.69 Å². The summed E-state index contributed by atoms with van der Waals surface area (Å²) in [6.45, 7) is 3.10. The van der Waals surface area contributed by atoms with Crippen LogP contribution in [-0.4, -0.2) is 40.1 Å². The van der Waals surface area contributed by atoms with Crippen molar-refractivity contribution in [1.29, 1.82) is 0 Å². The predicted molar refractivity (Wildman–Crippen MR) is 79.9 cm³/mol. The molecule has 0 saturated carbocycles. The lowest BCUT2D eigenvalue weighted by molar-refractivity contribution is -0.138. The second-order valence-corrected chi connectivity index (χ2v) is 4.82. The molecule has 2 rings (SSSR count). The van der Waals surface area contributed by atoms with Crippen LogP contribution >= 0.6 is 0 Å². The number of carboxylic acid groups (broad SMARTS) is 1. The van der Waals surface area contributed by atoms with Crippen LogP contribution < -0.4 is 10.1 Å². The Bertz CT molecular complexity index is 709. The van der Waals surface area contributed by atoms with Crippen LogP contribution in [0.25, 0.3) is 11.4 Å². The van der Waals surface area contributed by atoms with Crippen LogP contribution in [0.1, 0.15) is 23.1 Å². The lowest BCUT2D eigenvalue weighted by Gasteiger charge is -2.07. The summed E-state index contributed by atoms with van der Waals surface area (Å²) in [5.74, 6) is -0.436. The summed E-state index contributed by atoms with van der Waals surface area (Å²) in [7, 11) is 1.57. The Hall–Kier alpha value is -2.83. The number of nitrogens with one attached hydrogen (secondary N) is 2. The van der Waals surface area contributed by atoms with Crippen molar-refractivity contribution in [3.8, 4) is 17.1 Å². The molecule has 0 aliphatic rings. The molecular formula is C15H17N3O4. The van der Waals surface area contributed by atoms with Gasteiger partial charge in [0, 0.05) is 11.3 Å². The number of carbonyl (C=O) groups is 2. The van der Waals surface area contributed by atoms with Crippen LogP contribution in [0.3, 0.4) is 0 Å². The number of methoxy groups -OCH3 is 1. The highest BCUT2D eigenvalue weighted by Gasteiger charge is 2.20. The van der Waals surface area contributed by atoms with E-state index in [4.69, 9.17) is 9.84 Å². The molecule has 0 bridgehead atoms. The number of hydrogen-bond acceptors (Lipinski definition) is 4. The van der Waals surface area contributed by atoms with Gasteiger partial charge < -0.3 is 20.1 Å². The van der Waals surface area contributed by atoms with E-state index in [0.717, 1.165) is 5.56 Å². The standard InChI is InChI=1S/C15H17N3O4/c1-8-12(14(19)17-9(2)15(20)21)18-13(16-8)10-5-4-6-11(7-10)22-3/h4-7,9H,1-3H3,(H,16,18)(H,17,19)(H,20,21). The van der Waals surface area contributed by atoms with Gasteiger partial charge in [-0.15, -0.1) is 0 Å². The number of H-pyrrole nitrogens is 1. The van der Waals surface area contributed by atoms with E-state index in [1.807, 2.05) is 18.2 Å². The minimum atomic E-state index is -1.10. The minimum Gasteiger partial charge on any atom is -0.497 e. The number of carbonyl (C=O) groups excluding carboxylic acids is 1. The molecule has 2 aromatic rings. The average molecular weight is 303 g/mol. The Kier molecular flexibility index (Phi) is 4.45. The largest absolute Gasteiger partial charge is 0.497 e. The maximum absolute atomic E-state index is 12.1. The third-order valence-corrected chi connectivity index (χ3v) is 3.16. The zero-order chi connectivity index (χ0) is 16.3. The summed E-state index contributed by atoms with van der Waals surface area (Å²) in [5, 5.41) is 11.2. The van der Waals surface area contributed by atoms with Crippen molar-refractivity contribution in [3.05, 3.63) is 35.7 Å². The Morgan fingerprint density at radius 2 is 2.14 bits per heavy atom. The summed E-state index contributed by atoms with van der Waals surface area (Å²) in [6, 6.07) is 6.27. The molecular weight excluding hydrogens is 286 g/mol. The molecule has 1 heterocycles. The first-order valence-corrected chi connectivity index (χ1v) is 6.67. The summed E-state index contributed by atoms with van der Waals surface area (Å²) in [5.41, 5.74) is 1.51. The molecule has 0 aliphatic carbocycles. The Morgan fingerprint density at radius 1 is 1.41 bits per heavy atom. The third kappa shape index (κ3) is 3.25. The van der Waals surface area contributed by atoms with E-state index in [1.54, 1.807) is 20.1 Å². The number of aliphatic carboxylic acids is 1. The quantitative estimate of drug-likeness (QED) is 0.778. The van der Waals surface area contributed by atoms with Gasteiger partial charge in [-0.3, -0.25) is 9.59 Å². The first kappa shape index (κ1) is 15.6. The van der Waals surface area contributed by atoms with Crippen LogP contribution in [0.2, 0.25) is 0 Å². The molecule has 116 valence electrons. The van der Waals surface area contributed by atoms with Crippen molar-refractivity contribution >= 4 is 11.9 Å². The van der Waals surface area contributed by atoms with Crippen molar-refractivity contribution in [1.82, 2.24) is 15.3 Å². The van der Waals surface area contributed by atoms with Gasteiger partial charge in [-0.05, 0) is 26.0 Å². The van der Waals surface area contributed by atoms with Crippen LogP contribution in [0.5, 0.6) is 5.75 Å². The van der Waals surface area contributed by atoms with Crippen LogP contribution in [0, 0.1) is 6.92 Å². The van der Waals surface area contributed by atoms with E-state index >= 15 is 0 Å². The van der Waals surface area contributed by atoms with Crippen molar-refractivity contribution in [3.63, 3.8) is 0 Å². The van der Waals surface area contributed by atoms with Gasteiger partial charge in [0.05, 0.1) is 7.11 Å². The predicted octanol–water partition coefficient (Wildman–Crippen LogP) is 1.60. The average Bonchev–Trinajstić information content (AvgIpc) is 2.89. The number of ether oxygens (including phenoxy) is 1. The fourth-order valence-electron chi connectivity index (χ4n) is 1.92. The highest BCUT2D eigenvalue weighted by molar-refractivity contribution is 5.96. The molecule has 1 amide bonds. The maximum atomic E-state index is 12.1. The lowest BCUT2D eigenvalue weighted by Crippen LogP contribution is -2.38. The number of imidazole rings is 1. The lowest BCUT2D eigenvalue weighted by atomic mass is 10.2. The smallest absolute Gasteiger partial charge is 0.325 e. The van der Waals surface area contributed by atoms with Gasteiger partial charge >= 0.3 is 5.97 Å². The number of aryl methyl sites for hydroxylation is 1. The number of aromatic amines is 1. The molecule has 0 spiro atoms. The van der Waals surface area contributed by atoms with Gasteiger partial charge in [-0.25, -0.2) is 4.98 Å². The molecule has 0 fully saturated rings. The zero-order valence-electron chi connectivity index (χ0n) is 12.5. The number of benzene rings is 1. The molecule has 1 atom stereocenters. The summed E-state index contributed by atoms with van der Waals surface area (Å²) in [6.07, 6.45) is 0. The second kappa shape index (κ2) is 6.30. The summed E-state index contributed by atoms with van der Waals surface area (Å²) < 4.78 is 5.15. The molecule has 3 N–H and O–H groups in total. The topological polar surface area (TPSA) is 104 Å². The van der Waals surface area contributed by atoms with Crippen LogP contribution in [0.4, 0.5) is 0 Å². The third-order valence-electron chi connectivity index (χ3n) is 3.16. The normalized spacial score (nSPS) is 11.8. The van der Waals surface area contributed by atoms with Gasteiger partial charge in [0.1, 0.15) is 23.3 Å². The number of rotatable bonds is 5. The number of hydrogen-bond donors (Lipinski definition) is 3. The van der Waals surface area contributed by atoms with Gasteiger partial charge in [0.2, 0.25) is 0 Å². The molecule has 1 aromatic carbocycles. The minimum absolute atomic E-state index is 0.172. The van der Waals surface area contributed by atoms with Gasteiger partial charge in [0.15, 0.2) is 0 Å². The van der Waals surface area contributed by atoms with Crippen LogP contribution in [0.15, 0.2) is 24.3 Å². The van der Waals surface area contributed by atoms with Gasteiger partial charge in [-0.1, -0.05) is 12.1 Å². The monoisotopic (exact) mass is 303 g/mol. The molecule has 1 unspecified atom stereocenters. The van der Waals surface area contributed by atoms with Crippen molar-refractivity contribution in [2.45, 2.75) is 19.9 Å². The summed E-state index contributed by atoms with van der Waals surface area (Å²) >= 11 is 0. The molecule has 7 heteroatoms. The fourth-order valence-corrected chi connectivity index (χ4v) is 1.92. The molecule has 0 saturated heterocycles. The summed E-state index contributed by atoms with van der Waals surface area (Å²) in [4.78, 5) is 30.1. The highest BCUT2D eigenvalue weighted by atomic mass is 16.5. The zero-order valence-corrected chi connectivity index (χ0v) is 12.5. The van der Waals surface area contributed by atoms with Gasteiger partial charge in [0.25, 0.3) is 5.91 Å². The number of amides is 1. The first-order valence-electron chi connectivity index (χ1n) is 6.67. The van der Waals surface area contributed by atoms with Crippen molar-refractivity contribution in [2.75, 3.05) is 7.11 Å². The Morgan fingerprint density at radius 3 is 2.77 bits per heavy atom. The SMILES string of the molecule is COc1cccc(-c2nc(C(=O)NC(C)C(=O)O)c(C)[nH]2)c1. The molecule has 0 aliphatic heterocycles.